The normalized spacial score (nSPS) is 13.0. The van der Waals surface area contributed by atoms with Crippen molar-refractivity contribution in [3.63, 3.8) is 0 Å². The summed E-state index contributed by atoms with van der Waals surface area (Å²) < 4.78 is 1.97. The minimum Gasteiger partial charge on any atom is -0.353 e. The maximum absolute atomic E-state index is 13.1. The van der Waals surface area contributed by atoms with Gasteiger partial charge in [0.2, 0.25) is 5.91 Å². The van der Waals surface area contributed by atoms with Crippen LogP contribution in [0, 0.1) is 17.0 Å². The first kappa shape index (κ1) is 21.3. The molecule has 0 bridgehead atoms. The molecule has 0 unspecified atom stereocenters. The SMILES string of the molecule is C=CCN(CC(=O)N(Cc1cccn1C)C1CC1)C(=O)c1ccc(C)c([N+](=O)[O-])c1. The van der Waals surface area contributed by atoms with Crippen LogP contribution in [0.3, 0.4) is 0 Å². The molecule has 8 heteroatoms. The van der Waals surface area contributed by atoms with Crippen LogP contribution in [0.15, 0.2) is 49.2 Å². The van der Waals surface area contributed by atoms with Gasteiger partial charge in [0.25, 0.3) is 11.6 Å². The van der Waals surface area contributed by atoms with Crippen LogP contribution in [0.5, 0.6) is 0 Å². The van der Waals surface area contributed by atoms with Gasteiger partial charge in [0.1, 0.15) is 6.54 Å². The van der Waals surface area contributed by atoms with E-state index in [1.54, 1.807) is 25.1 Å². The molecule has 1 fully saturated rings. The molecule has 2 amide bonds. The third-order valence-corrected chi connectivity index (χ3v) is 5.31. The Morgan fingerprint density at radius 1 is 1.33 bits per heavy atom. The first-order valence-electron chi connectivity index (χ1n) is 9.86. The Balaban J connectivity index is 1.78. The molecule has 8 nitrogen and oxygen atoms in total. The lowest BCUT2D eigenvalue weighted by molar-refractivity contribution is -0.385. The number of nitro benzene ring substituents is 1. The molecule has 1 aliphatic rings. The fourth-order valence-corrected chi connectivity index (χ4v) is 3.39. The highest BCUT2D eigenvalue weighted by Crippen LogP contribution is 2.29. The molecule has 1 aromatic heterocycles. The molecular formula is C22H26N4O4. The number of nitrogens with zero attached hydrogens (tertiary/aromatic N) is 4. The van der Waals surface area contributed by atoms with E-state index in [1.165, 1.54) is 11.0 Å². The van der Waals surface area contributed by atoms with E-state index in [0.717, 1.165) is 18.5 Å². The van der Waals surface area contributed by atoms with Crippen molar-refractivity contribution in [2.75, 3.05) is 13.1 Å². The van der Waals surface area contributed by atoms with Gasteiger partial charge >= 0.3 is 0 Å². The smallest absolute Gasteiger partial charge is 0.273 e. The largest absolute Gasteiger partial charge is 0.353 e. The summed E-state index contributed by atoms with van der Waals surface area (Å²) in [7, 11) is 1.93. The van der Waals surface area contributed by atoms with Crippen LogP contribution in [-0.2, 0) is 18.4 Å². The molecule has 0 radical (unpaired) electrons. The molecule has 0 N–H and O–H groups in total. The van der Waals surface area contributed by atoms with Gasteiger partial charge in [0.15, 0.2) is 0 Å². The number of benzene rings is 1. The van der Waals surface area contributed by atoms with Gasteiger partial charge in [0.05, 0.1) is 11.5 Å². The van der Waals surface area contributed by atoms with E-state index in [0.29, 0.717) is 12.1 Å². The zero-order valence-corrected chi connectivity index (χ0v) is 17.3. The van der Waals surface area contributed by atoms with E-state index in [2.05, 4.69) is 6.58 Å². The van der Waals surface area contributed by atoms with Gasteiger partial charge in [-0.3, -0.25) is 19.7 Å². The summed E-state index contributed by atoms with van der Waals surface area (Å²) in [6.07, 6.45) is 5.39. The number of carbonyl (C=O) groups is 2. The zero-order valence-electron chi connectivity index (χ0n) is 17.3. The second-order valence-corrected chi connectivity index (χ2v) is 7.60. The lowest BCUT2D eigenvalue weighted by atomic mass is 10.1. The summed E-state index contributed by atoms with van der Waals surface area (Å²) >= 11 is 0. The van der Waals surface area contributed by atoms with E-state index in [4.69, 9.17) is 0 Å². The molecule has 0 atom stereocenters. The first-order chi connectivity index (χ1) is 14.3. The van der Waals surface area contributed by atoms with Crippen LogP contribution in [0.4, 0.5) is 5.69 Å². The van der Waals surface area contributed by atoms with E-state index in [-0.39, 0.29) is 36.3 Å². The predicted molar refractivity (Wildman–Crippen MR) is 113 cm³/mol. The molecule has 2 aromatic rings. The van der Waals surface area contributed by atoms with Crippen molar-refractivity contribution in [2.24, 2.45) is 7.05 Å². The highest BCUT2D eigenvalue weighted by molar-refractivity contribution is 5.97. The minimum absolute atomic E-state index is 0.104. The van der Waals surface area contributed by atoms with Crippen molar-refractivity contribution in [3.8, 4) is 0 Å². The van der Waals surface area contributed by atoms with Gasteiger partial charge in [-0.15, -0.1) is 6.58 Å². The van der Waals surface area contributed by atoms with Gasteiger partial charge in [-0.05, 0) is 38.0 Å². The van der Waals surface area contributed by atoms with Crippen LogP contribution < -0.4 is 0 Å². The van der Waals surface area contributed by atoms with Gasteiger partial charge in [0, 0.05) is 48.7 Å². The lowest BCUT2D eigenvalue weighted by Gasteiger charge is -2.27. The molecule has 0 aliphatic heterocycles. The Bertz CT molecular complexity index is 977. The van der Waals surface area contributed by atoms with Crippen LogP contribution in [0.25, 0.3) is 0 Å². The summed E-state index contributed by atoms with van der Waals surface area (Å²) in [5, 5.41) is 11.2. The van der Waals surface area contributed by atoms with E-state index in [9.17, 15) is 19.7 Å². The molecular weight excluding hydrogens is 384 g/mol. The van der Waals surface area contributed by atoms with E-state index < -0.39 is 10.8 Å². The third-order valence-electron chi connectivity index (χ3n) is 5.31. The maximum Gasteiger partial charge on any atom is 0.273 e. The average Bonchev–Trinajstić information content (AvgIpc) is 3.47. The van der Waals surface area contributed by atoms with Crippen molar-refractivity contribution in [1.82, 2.24) is 14.4 Å². The third kappa shape index (κ3) is 4.76. The summed E-state index contributed by atoms with van der Waals surface area (Å²) in [6, 6.07) is 8.46. The first-order valence-corrected chi connectivity index (χ1v) is 9.86. The molecule has 1 aromatic carbocycles. The number of rotatable bonds is 9. The minimum atomic E-state index is -0.510. The Morgan fingerprint density at radius 3 is 2.63 bits per heavy atom. The number of carbonyl (C=O) groups excluding carboxylic acids is 2. The summed E-state index contributed by atoms with van der Waals surface area (Å²) in [5.41, 5.74) is 1.56. The highest BCUT2D eigenvalue weighted by Gasteiger charge is 2.34. The highest BCUT2D eigenvalue weighted by atomic mass is 16.6. The Kier molecular flexibility index (Phi) is 6.34. The molecule has 30 heavy (non-hydrogen) atoms. The molecule has 0 saturated heterocycles. The van der Waals surface area contributed by atoms with Crippen molar-refractivity contribution in [3.05, 3.63) is 76.1 Å². The quantitative estimate of drug-likeness (QED) is 0.361. The number of amides is 2. The van der Waals surface area contributed by atoms with Gasteiger partial charge in [-0.1, -0.05) is 12.1 Å². The Labute approximate surface area is 175 Å². The Hall–Kier alpha value is -3.42. The molecule has 1 aliphatic carbocycles. The molecule has 158 valence electrons. The zero-order chi connectivity index (χ0) is 21.8. The van der Waals surface area contributed by atoms with Crippen molar-refractivity contribution in [1.29, 1.82) is 0 Å². The fraction of sp³-hybridized carbons (Fsp3) is 0.364. The van der Waals surface area contributed by atoms with Crippen LogP contribution >= 0.6 is 0 Å². The summed E-state index contributed by atoms with van der Waals surface area (Å²) in [4.78, 5) is 40.0. The molecule has 1 saturated carbocycles. The topological polar surface area (TPSA) is 88.7 Å². The number of hydrogen-bond donors (Lipinski definition) is 0. The van der Waals surface area contributed by atoms with E-state index >= 15 is 0 Å². The number of nitro groups is 1. The monoisotopic (exact) mass is 410 g/mol. The number of hydrogen-bond acceptors (Lipinski definition) is 4. The average molecular weight is 410 g/mol. The second kappa shape index (κ2) is 8.94. The summed E-state index contributed by atoms with van der Waals surface area (Å²) in [6.45, 7) is 5.85. The predicted octanol–water partition coefficient (Wildman–Crippen LogP) is 3.06. The van der Waals surface area contributed by atoms with Gasteiger partial charge in [-0.2, -0.15) is 0 Å². The molecule has 0 spiro atoms. The van der Waals surface area contributed by atoms with Crippen molar-refractivity contribution < 1.29 is 14.5 Å². The van der Waals surface area contributed by atoms with Crippen molar-refractivity contribution in [2.45, 2.75) is 32.4 Å². The van der Waals surface area contributed by atoms with Gasteiger partial charge in [-0.25, -0.2) is 0 Å². The fourth-order valence-electron chi connectivity index (χ4n) is 3.39. The van der Waals surface area contributed by atoms with Crippen molar-refractivity contribution >= 4 is 17.5 Å². The molecule has 3 rings (SSSR count). The van der Waals surface area contributed by atoms with E-state index in [1.807, 2.05) is 34.8 Å². The van der Waals surface area contributed by atoms with Crippen LogP contribution in [-0.4, -0.2) is 50.2 Å². The Morgan fingerprint density at radius 2 is 2.07 bits per heavy atom. The van der Waals surface area contributed by atoms with Crippen LogP contribution in [0.1, 0.15) is 34.5 Å². The lowest BCUT2D eigenvalue weighted by Crippen LogP contribution is -2.43. The maximum atomic E-state index is 13.1. The summed E-state index contributed by atoms with van der Waals surface area (Å²) in [5.74, 6) is -0.573. The standard InChI is InChI=1S/C22H26N4O4/c1-4-11-24(22(28)17-8-7-16(2)20(13-17)26(29)30)15-21(27)25(18-9-10-18)14-19-6-5-12-23(19)3/h4-8,12-13,18H,1,9-11,14-15H2,2-3H3. The van der Waals surface area contributed by atoms with Gasteiger partial charge < -0.3 is 14.4 Å². The molecule has 1 heterocycles. The van der Waals surface area contributed by atoms with Crippen LogP contribution in [0.2, 0.25) is 0 Å². The number of aromatic nitrogens is 1. The second-order valence-electron chi connectivity index (χ2n) is 7.60. The number of aryl methyl sites for hydroxylation is 2.